The minimum absolute atomic E-state index is 0.00832. The summed E-state index contributed by atoms with van der Waals surface area (Å²) in [4.78, 5) is 16.4. The predicted molar refractivity (Wildman–Crippen MR) is 94.3 cm³/mol. The Kier molecular flexibility index (Phi) is 3.87. The summed E-state index contributed by atoms with van der Waals surface area (Å²) in [6, 6.07) is 15.8. The first kappa shape index (κ1) is 14.7. The van der Waals surface area contributed by atoms with Crippen molar-refractivity contribution in [3.8, 4) is 5.75 Å². The van der Waals surface area contributed by atoms with E-state index >= 15 is 0 Å². The molecular formula is C20H18N2O2. The number of pyridine rings is 1. The molecule has 24 heavy (non-hydrogen) atoms. The monoisotopic (exact) mass is 318 g/mol. The van der Waals surface area contributed by atoms with Gasteiger partial charge < -0.3 is 10.1 Å². The van der Waals surface area contributed by atoms with Gasteiger partial charge >= 0.3 is 0 Å². The number of carbonyl (C=O) groups excluding carboxylic acids is 1. The van der Waals surface area contributed by atoms with Crippen LogP contribution in [-0.4, -0.2) is 17.5 Å². The number of carbonyl (C=O) groups is 1. The Hall–Kier alpha value is -2.88. The SMILES string of the molecule is O=C(COc1ccc2c(c1)CCC2)Nc1cnc2ccccc2c1. The molecule has 4 rings (SSSR count). The summed E-state index contributed by atoms with van der Waals surface area (Å²) in [5.41, 5.74) is 4.32. The van der Waals surface area contributed by atoms with E-state index in [9.17, 15) is 4.79 Å². The van der Waals surface area contributed by atoms with E-state index in [1.165, 1.54) is 17.5 Å². The van der Waals surface area contributed by atoms with Crippen LogP contribution in [0.3, 0.4) is 0 Å². The fourth-order valence-electron chi connectivity index (χ4n) is 3.12. The van der Waals surface area contributed by atoms with Crippen LogP contribution in [0, 0.1) is 0 Å². The van der Waals surface area contributed by atoms with Crippen LogP contribution >= 0.6 is 0 Å². The fraction of sp³-hybridized carbons (Fsp3) is 0.200. The van der Waals surface area contributed by atoms with E-state index in [1.807, 2.05) is 42.5 Å². The lowest BCUT2D eigenvalue weighted by molar-refractivity contribution is -0.118. The Balaban J connectivity index is 1.39. The van der Waals surface area contributed by atoms with Crippen molar-refractivity contribution in [2.75, 3.05) is 11.9 Å². The number of para-hydroxylation sites is 1. The van der Waals surface area contributed by atoms with Gasteiger partial charge in [0.1, 0.15) is 5.75 Å². The maximum Gasteiger partial charge on any atom is 0.262 e. The van der Waals surface area contributed by atoms with Gasteiger partial charge in [-0.1, -0.05) is 24.3 Å². The number of amides is 1. The third kappa shape index (κ3) is 3.08. The number of nitrogens with one attached hydrogen (secondary N) is 1. The molecule has 1 aliphatic carbocycles. The van der Waals surface area contributed by atoms with E-state index in [2.05, 4.69) is 16.4 Å². The highest BCUT2D eigenvalue weighted by molar-refractivity contribution is 5.93. The summed E-state index contributed by atoms with van der Waals surface area (Å²) < 4.78 is 5.62. The molecular weight excluding hydrogens is 300 g/mol. The van der Waals surface area contributed by atoms with Crippen molar-refractivity contribution in [3.63, 3.8) is 0 Å². The number of benzene rings is 2. The number of hydrogen-bond acceptors (Lipinski definition) is 3. The van der Waals surface area contributed by atoms with Crippen molar-refractivity contribution in [2.45, 2.75) is 19.3 Å². The van der Waals surface area contributed by atoms with E-state index in [0.29, 0.717) is 5.69 Å². The van der Waals surface area contributed by atoms with Crippen LogP contribution in [0.1, 0.15) is 17.5 Å². The number of hydrogen-bond donors (Lipinski definition) is 1. The first-order chi connectivity index (χ1) is 11.8. The molecule has 3 aromatic rings. The molecule has 0 aliphatic heterocycles. The minimum Gasteiger partial charge on any atom is -0.484 e. The normalized spacial score (nSPS) is 12.8. The summed E-state index contributed by atoms with van der Waals surface area (Å²) in [5.74, 6) is 0.565. The molecule has 0 radical (unpaired) electrons. The number of aromatic nitrogens is 1. The van der Waals surface area contributed by atoms with Gasteiger partial charge in [-0.05, 0) is 54.7 Å². The zero-order valence-corrected chi connectivity index (χ0v) is 13.3. The number of rotatable bonds is 4. The third-order valence-electron chi connectivity index (χ3n) is 4.31. The van der Waals surface area contributed by atoms with E-state index in [1.54, 1.807) is 6.20 Å². The van der Waals surface area contributed by atoms with Gasteiger partial charge in [0.05, 0.1) is 17.4 Å². The van der Waals surface area contributed by atoms with Crippen molar-refractivity contribution >= 4 is 22.5 Å². The molecule has 0 saturated heterocycles. The molecule has 4 heteroatoms. The first-order valence-electron chi connectivity index (χ1n) is 8.17. The molecule has 1 aromatic heterocycles. The maximum atomic E-state index is 12.1. The summed E-state index contributed by atoms with van der Waals surface area (Å²) in [6.07, 6.45) is 5.11. The molecule has 0 unspecified atom stereocenters. The quantitative estimate of drug-likeness (QED) is 0.797. The van der Waals surface area contributed by atoms with Crippen LogP contribution < -0.4 is 10.1 Å². The van der Waals surface area contributed by atoms with Crippen molar-refractivity contribution in [2.24, 2.45) is 0 Å². The number of fused-ring (bicyclic) bond motifs is 2. The van der Waals surface area contributed by atoms with Gasteiger partial charge in [-0.15, -0.1) is 0 Å². The van der Waals surface area contributed by atoms with Crippen LogP contribution in [0.4, 0.5) is 5.69 Å². The Morgan fingerprint density at radius 1 is 1.08 bits per heavy atom. The molecule has 4 nitrogen and oxygen atoms in total. The predicted octanol–water partition coefficient (Wildman–Crippen LogP) is 3.74. The Labute approximate surface area is 140 Å². The second kappa shape index (κ2) is 6.32. The van der Waals surface area contributed by atoms with Gasteiger partial charge in [-0.25, -0.2) is 0 Å². The molecule has 120 valence electrons. The van der Waals surface area contributed by atoms with Crippen LogP contribution in [-0.2, 0) is 17.6 Å². The van der Waals surface area contributed by atoms with E-state index in [4.69, 9.17) is 4.74 Å². The minimum atomic E-state index is -0.187. The Morgan fingerprint density at radius 3 is 2.92 bits per heavy atom. The van der Waals surface area contributed by atoms with Gasteiger partial charge in [-0.3, -0.25) is 9.78 Å². The van der Waals surface area contributed by atoms with Crippen LogP contribution in [0.2, 0.25) is 0 Å². The fourth-order valence-corrected chi connectivity index (χ4v) is 3.12. The molecule has 0 bridgehead atoms. The molecule has 1 heterocycles. The molecule has 0 atom stereocenters. The topological polar surface area (TPSA) is 51.2 Å². The Morgan fingerprint density at radius 2 is 1.96 bits per heavy atom. The highest BCUT2D eigenvalue weighted by Gasteiger charge is 2.12. The molecule has 1 amide bonds. The molecule has 2 aromatic carbocycles. The van der Waals surface area contributed by atoms with E-state index in [0.717, 1.165) is 29.5 Å². The summed E-state index contributed by atoms with van der Waals surface area (Å²) in [7, 11) is 0. The van der Waals surface area contributed by atoms with Crippen molar-refractivity contribution in [1.82, 2.24) is 4.98 Å². The third-order valence-corrected chi connectivity index (χ3v) is 4.31. The first-order valence-corrected chi connectivity index (χ1v) is 8.17. The molecule has 0 saturated carbocycles. The second-order valence-electron chi connectivity index (χ2n) is 6.04. The average Bonchev–Trinajstić information content (AvgIpc) is 3.07. The van der Waals surface area contributed by atoms with E-state index in [-0.39, 0.29) is 12.5 Å². The molecule has 1 aliphatic rings. The molecule has 0 spiro atoms. The van der Waals surface area contributed by atoms with Crippen molar-refractivity contribution in [1.29, 1.82) is 0 Å². The highest BCUT2D eigenvalue weighted by atomic mass is 16.5. The molecule has 1 N–H and O–H groups in total. The van der Waals surface area contributed by atoms with E-state index < -0.39 is 0 Å². The maximum absolute atomic E-state index is 12.1. The summed E-state index contributed by atoms with van der Waals surface area (Å²) in [5, 5.41) is 3.83. The Bertz CT molecular complexity index is 905. The average molecular weight is 318 g/mol. The number of nitrogens with zero attached hydrogens (tertiary/aromatic N) is 1. The second-order valence-corrected chi connectivity index (χ2v) is 6.04. The van der Waals surface area contributed by atoms with Crippen LogP contribution in [0.5, 0.6) is 5.75 Å². The number of aryl methyl sites for hydroxylation is 2. The smallest absolute Gasteiger partial charge is 0.262 e. The van der Waals surface area contributed by atoms with Crippen molar-refractivity contribution in [3.05, 3.63) is 65.9 Å². The lowest BCUT2D eigenvalue weighted by Gasteiger charge is -2.09. The summed E-state index contributed by atoms with van der Waals surface area (Å²) >= 11 is 0. The van der Waals surface area contributed by atoms with Gasteiger partial charge in [0.2, 0.25) is 0 Å². The van der Waals surface area contributed by atoms with Gasteiger partial charge in [0, 0.05) is 5.39 Å². The van der Waals surface area contributed by atoms with Gasteiger partial charge in [-0.2, -0.15) is 0 Å². The summed E-state index contributed by atoms with van der Waals surface area (Å²) in [6.45, 7) is -0.00832. The van der Waals surface area contributed by atoms with Crippen molar-refractivity contribution < 1.29 is 9.53 Å². The van der Waals surface area contributed by atoms with Crippen LogP contribution in [0.15, 0.2) is 54.7 Å². The zero-order chi connectivity index (χ0) is 16.4. The zero-order valence-electron chi connectivity index (χ0n) is 13.3. The van der Waals surface area contributed by atoms with Crippen LogP contribution in [0.25, 0.3) is 10.9 Å². The lowest BCUT2D eigenvalue weighted by Crippen LogP contribution is -2.20. The van der Waals surface area contributed by atoms with Gasteiger partial charge in [0.15, 0.2) is 6.61 Å². The number of ether oxygens (including phenoxy) is 1. The standard InChI is InChI=1S/C20H18N2O2/c23-20(13-24-18-9-8-14-5-3-6-15(14)11-18)22-17-10-16-4-1-2-7-19(16)21-12-17/h1-2,4,7-12H,3,5-6,13H2,(H,22,23). The lowest BCUT2D eigenvalue weighted by atomic mass is 10.1. The number of anilines is 1. The molecule has 0 fully saturated rings. The van der Waals surface area contributed by atoms with Gasteiger partial charge in [0.25, 0.3) is 5.91 Å². The largest absolute Gasteiger partial charge is 0.484 e. The highest BCUT2D eigenvalue weighted by Crippen LogP contribution is 2.26.